The minimum absolute atomic E-state index is 0.280. The molecule has 2 aromatic rings. The van der Waals surface area contributed by atoms with Crippen LogP contribution in [0.1, 0.15) is 17.2 Å². The van der Waals surface area contributed by atoms with Gasteiger partial charge in [-0.3, -0.25) is 0 Å². The number of methoxy groups -OCH3 is 2. The van der Waals surface area contributed by atoms with Crippen molar-refractivity contribution >= 4 is 15.9 Å². The first-order valence-electron chi connectivity index (χ1n) is 5.36. The first-order valence-corrected chi connectivity index (χ1v) is 6.15. The summed E-state index contributed by atoms with van der Waals surface area (Å²) < 4.78 is 16.4. The van der Waals surface area contributed by atoms with Crippen LogP contribution in [0, 0.1) is 0 Å². The molecule has 0 aliphatic carbocycles. The number of hydrogen-bond donors (Lipinski definition) is 1. The molecule has 2 N–H and O–H groups in total. The molecule has 1 aromatic heterocycles. The maximum Gasteiger partial charge on any atom is 0.161 e. The van der Waals surface area contributed by atoms with Crippen molar-refractivity contribution in [2.45, 2.75) is 6.04 Å². The molecule has 0 bridgehead atoms. The molecule has 0 saturated heterocycles. The predicted molar refractivity (Wildman–Crippen MR) is 72.0 cm³/mol. The average molecular weight is 312 g/mol. The monoisotopic (exact) mass is 311 g/mol. The maximum atomic E-state index is 6.19. The summed E-state index contributed by atoms with van der Waals surface area (Å²) in [6.07, 6.45) is 3.23. The average Bonchev–Trinajstić information content (AvgIpc) is 2.91. The van der Waals surface area contributed by atoms with E-state index in [9.17, 15) is 0 Å². The number of rotatable bonds is 4. The van der Waals surface area contributed by atoms with Crippen LogP contribution in [-0.4, -0.2) is 14.2 Å². The van der Waals surface area contributed by atoms with Crippen molar-refractivity contribution in [2.24, 2.45) is 5.73 Å². The van der Waals surface area contributed by atoms with Crippen LogP contribution in [0.5, 0.6) is 11.5 Å². The summed E-state index contributed by atoms with van der Waals surface area (Å²) in [5, 5.41) is 0. The predicted octanol–water partition coefficient (Wildman–Crippen LogP) is 3.11. The lowest BCUT2D eigenvalue weighted by atomic mass is 10.0. The summed E-state index contributed by atoms with van der Waals surface area (Å²) in [5.41, 5.74) is 8.01. The van der Waals surface area contributed by atoms with E-state index < -0.39 is 0 Å². The standard InChI is InChI=1S/C13H14BrNO3/c1-16-11-5-9(10(14)6-12(11)17-2)13(15)8-3-4-18-7-8/h3-7,13H,15H2,1-2H3. The molecule has 0 spiro atoms. The number of benzene rings is 1. The lowest BCUT2D eigenvalue weighted by molar-refractivity contribution is 0.354. The lowest BCUT2D eigenvalue weighted by Gasteiger charge is -2.16. The zero-order chi connectivity index (χ0) is 13.1. The first kappa shape index (κ1) is 13.0. The van der Waals surface area contributed by atoms with Gasteiger partial charge in [0.1, 0.15) is 0 Å². The Morgan fingerprint density at radius 3 is 2.44 bits per heavy atom. The maximum absolute atomic E-state index is 6.19. The molecule has 0 aliphatic heterocycles. The van der Waals surface area contributed by atoms with Gasteiger partial charge in [-0.05, 0) is 23.8 Å². The minimum atomic E-state index is -0.280. The van der Waals surface area contributed by atoms with E-state index in [2.05, 4.69) is 15.9 Å². The number of nitrogens with two attached hydrogens (primary N) is 1. The summed E-state index contributed by atoms with van der Waals surface area (Å²) in [6, 6.07) is 5.26. The fraction of sp³-hybridized carbons (Fsp3) is 0.231. The third kappa shape index (κ3) is 2.37. The van der Waals surface area contributed by atoms with Crippen molar-refractivity contribution in [3.63, 3.8) is 0 Å². The third-order valence-electron chi connectivity index (χ3n) is 2.74. The van der Waals surface area contributed by atoms with Gasteiger partial charge in [0.2, 0.25) is 0 Å². The number of halogens is 1. The summed E-state index contributed by atoms with van der Waals surface area (Å²) in [7, 11) is 3.19. The van der Waals surface area contributed by atoms with Crippen LogP contribution in [0.25, 0.3) is 0 Å². The summed E-state index contributed by atoms with van der Waals surface area (Å²) in [6.45, 7) is 0. The second-order valence-corrected chi connectivity index (χ2v) is 4.62. The van der Waals surface area contributed by atoms with Crippen LogP contribution in [0.4, 0.5) is 0 Å². The van der Waals surface area contributed by atoms with Gasteiger partial charge < -0.3 is 19.6 Å². The minimum Gasteiger partial charge on any atom is -0.493 e. The van der Waals surface area contributed by atoms with Crippen LogP contribution in [-0.2, 0) is 0 Å². The van der Waals surface area contributed by atoms with E-state index in [1.54, 1.807) is 26.7 Å². The van der Waals surface area contributed by atoms with Crippen molar-refractivity contribution in [1.82, 2.24) is 0 Å². The summed E-state index contributed by atoms with van der Waals surface area (Å²) >= 11 is 3.49. The van der Waals surface area contributed by atoms with Crippen LogP contribution in [0.2, 0.25) is 0 Å². The van der Waals surface area contributed by atoms with Gasteiger partial charge >= 0.3 is 0 Å². The quantitative estimate of drug-likeness (QED) is 0.942. The topological polar surface area (TPSA) is 57.6 Å². The molecule has 96 valence electrons. The SMILES string of the molecule is COc1cc(Br)c(C(N)c2ccoc2)cc1OC. The molecule has 1 aromatic carbocycles. The Bertz CT molecular complexity index is 525. The second-order valence-electron chi connectivity index (χ2n) is 3.76. The molecule has 4 nitrogen and oxygen atoms in total. The number of furan rings is 1. The number of ether oxygens (including phenoxy) is 2. The van der Waals surface area contributed by atoms with Crippen molar-refractivity contribution in [3.05, 3.63) is 46.3 Å². The zero-order valence-corrected chi connectivity index (χ0v) is 11.7. The molecule has 5 heteroatoms. The molecule has 2 rings (SSSR count). The molecule has 0 radical (unpaired) electrons. The zero-order valence-electron chi connectivity index (χ0n) is 10.1. The molecular weight excluding hydrogens is 298 g/mol. The third-order valence-corrected chi connectivity index (χ3v) is 3.43. The van der Waals surface area contributed by atoms with Gasteiger partial charge in [-0.2, -0.15) is 0 Å². The van der Waals surface area contributed by atoms with Gasteiger partial charge in [-0.15, -0.1) is 0 Å². The van der Waals surface area contributed by atoms with Gasteiger partial charge in [-0.25, -0.2) is 0 Å². The highest BCUT2D eigenvalue weighted by Crippen LogP contribution is 2.37. The molecule has 0 aliphatic rings. The van der Waals surface area contributed by atoms with Gasteiger partial charge in [0, 0.05) is 10.0 Å². The Morgan fingerprint density at radius 1 is 1.22 bits per heavy atom. The number of hydrogen-bond acceptors (Lipinski definition) is 4. The fourth-order valence-corrected chi connectivity index (χ4v) is 2.31. The smallest absolute Gasteiger partial charge is 0.161 e. The van der Waals surface area contributed by atoms with E-state index in [0.29, 0.717) is 11.5 Å². The highest BCUT2D eigenvalue weighted by molar-refractivity contribution is 9.10. The molecule has 0 fully saturated rings. The molecule has 0 saturated carbocycles. The summed E-state index contributed by atoms with van der Waals surface area (Å²) in [5.74, 6) is 1.31. The largest absolute Gasteiger partial charge is 0.493 e. The van der Waals surface area contributed by atoms with Crippen molar-refractivity contribution in [3.8, 4) is 11.5 Å². The van der Waals surface area contributed by atoms with Crippen LogP contribution in [0.3, 0.4) is 0 Å². The van der Waals surface area contributed by atoms with Gasteiger partial charge in [-0.1, -0.05) is 15.9 Å². The Hall–Kier alpha value is -1.46. The lowest BCUT2D eigenvalue weighted by Crippen LogP contribution is -2.12. The Labute approximate surface area is 114 Å². The Balaban J connectivity index is 2.45. The van der Waals surface area contributed by atoms with Crippen LogP contribution in [0.15, 0.2) is 39.6 Å². The second kappa shape index (κ2) is 5.46. The van der Waals surface area contributed by atoms with E-state index in [4.69, 9.17) is 19.6 Å². The van der Waals surface area contributed by atoms with E-state index in [1.807, 2.05) is 18.2 Å². The normalized spacial score (nSPS) is 12.2. The Kier molecular flexibility index (Phi) is 3.93. The van der Waals surface area contributed by atoms with Crippen LogP contribution < -0.4 is 15.2 Å². The van der Waals surface area contributed by atoms with Crippen molar-refractivity contribution < 1.29 is 13.9 Å². The van der Waals surface area contributed by atoms with Crippen molar-refractivity contribution in [1.29, 1.82) is 0 Å². The van der Waals surface area contributed by atoms with E-state index in [-0.39, 0.29) is 6.04 Å². The fourth-order valence-electron chi connectivity index (χ4n) is 1.74. The van der Waals surface area contributed by atoms with Crippen LogP contribution >= 0.6 is 15.9 Å². The van der Waals surface area contributed by atoms with Gasteiger partial charge in [0.25, 0.3) is 0 Å². The van der Waals surface area contributed by atoms with Gasteiger partial charge in [0.15, 0.2) is 11.5 Å². The highest BCUT2D eigenvalue weighted by Gasteiger charge is 2.17. The first-order chi connectivity index (χ1) is 8.67. The Morgan fingerprint density at radius 2 is 1.89 bits per heavy atom. The van der Waals surface area contributed by atoms with E-state index in [1.165, 1.54) is 0 Å². The molecule has 1 unspecified atom stereocenters. The molecule has 18 heavy (non-hydrogen) atoms. The van der Waals surface area contributed by atoms with E-state index >= 15 is 0 Å². The highest BCUT2D eigenvalue weighted by atomic mass is 79.9. The summed E-state index contributed by atoms with van der Waals surface area (Å²) in [4.78, 5) is 0. The van der Waals surface area contributed by atoms with E-state index in [0.717, 1.165) is 15.6 Å². The van der Waals surface area contributed by atoms with Gasteiger partial charge in [0.05, 0.1) is 32.8 Å². The molecule has 1 atom stereocenters. The van der Waals surface area contributed by atoms with Crippen molar-refractivity contribution in [2.75, 3.05) is 14.2 Å². The molecule has 0 amide bonds. The molecular formula is C13H14BrNO3. The molecule has 1 heterocycles.